The molecule has 3 nitrogen and oxygen atoms in total. The number of benzene rings is 1. The number of ether oxygens (including phenoxy) is 1. The average Bonchev–Trinajstić information content (AvgIpc) is 3.32. The molecule has 0 N–H and O–H groups in total. The lowest BCUT2D eigenvalue weighted by Gasteiger charge is -2.55. The standard InChI is InChI=1S/C30H37O3P/c1-19-14-16-33-30(19)15-13-27-25-11-7-21-17-22(31)8-12-24(21)28(25)26(18-29(27,30)2)20-5-9-23(10-6-20)34(3,4)32/h5-6,9-10,17,25-27H,1,7-8,11-16,18H2,2-4H3/t25?,26-,27+,29+,30?/m1/s1. The summed E-state index contributed by atoms with van der Waals surface area (Å²) in [6, 6.07) is 8.63. The van der Waals surface area contributed by atoms with Crippen LogP contribution in [0.1, 0.15) is 69.8 Å². The molecule has 5 atom stereocenters. The number of rotatable bonds is 2. The molecule has 5 aliphatic rings. The van der Waals surface area contributed by atoms with E-state index in [-0.39, 0.29) is 16.8 Å². The van der Waals surface area contributed by atoms with Gasteiger partial charge in [0.25, 0.3) is 0 Å². The van der Waals surface area contributed by atoms with Gasteiger partial charge in [0.05, 0.1) is 12.2 Å². The first-order valence-corrected chi connectivity index (χ1v) is 15.7. The first-order chi connectivity index (χ1) is 16.1. The summed E-state index contributed by atoms with van der Waals surface area (Å²) in [5.74, 6) is 1.75. The quantitative estimate of drug-likeness (QED) is 0.359. The molecule has 1 heterocycles. The number of hydrogen-bond acceptors (Lipinski definition) is 3. The zero-order valence-corrected chi connectivity index (χ0v) is 21.8. The van der Waals surface area contributed by atoms with Crippen LogP contribution in [-0.4, -0.2) is 31.3 Å². The van der Waals surface area contributed by atoms with Crippen molar-refractivity contribution in [3.63, 3.8) is 0 Å². The highest BCUT2D eigenvalue weighted by Crippen LogP contribution is 2.70. The largest absolute Gasteiger partial charge is 0.370 e. The van der Waals surface area contributed by atoms with E-state index in [1.54, 1.807) is 5.57 Å². The van der Waals surface area contributed by atoms with Crippen LogP contribution in [0.15, 0.2) is 59.2 Å². The highest BCUT2D eigenvalue weighted by molar-refractivity contribution is 7.70. The van der Waals surface area contributed by atoms with Crippen LogP contribution in [-0.2, 0) is 14.1 Å². The van der Waals surface area contributed by atoms with Crippen LogP contribution in [0.3, 0.4) is 0 Å². The SMILES string of the molecule is C=C1CCOC12CC[C@H]1C3CCC4=CC(=O)CCC4=C3[C@@H](c3ccc(P(C)(C)=O)cc3)C[C@@]12C. The molecule has 34 heavy (non-hydrogen) atoms. The molecule has 2 unspecified atom stereocenters. The van der Waals surface area contributed by atoms with Gasteiger partial charge in [-0.3, -0.25) is 4.79 Å². The average molecular weight is 477 g/mol. The molecule has 1 spiro atoms. The van der Waals surface area contributed by atoms with Gasteiger partial charge in [-0.15, -0.1) is 0 Å². The molecule has 4 heteroatoms. The molecule has 180 valence electrons. The minimum Gasteiger partial charge on any atom is -0.370 e. The summed E-state index contributed by atoms with van der Waals surface area (Å²) in [4.78, 5) is 12.2. The maximum Gasteiger partial charge on any atom is 0.156 e. The second kappa shape index (κ2) is 7.65. The van der Waals surface area contributed by atoms with Crippen LogP contribution in [0.25, 0.3) is 0 Å². The second-order valence-electron chi connectivity index (χ2n) is 12.0. The number of carbonyl (C=O) groups excluding carboxylic acids is 1. The third-order valence-electron chi connectivity index (χ3n) is 10.1. The van der Waals surface area contributed by atoms with E-state index in [1.807, 2.05) is 19.4 Å². The van der Waals surface area contributed by atoms with Gasteiger partial charge in [-0.05, 0) is 98.5 Å². The van der Waals surface area contributed by atoms with E-state index in [4.69, 9.17) is 4.74 Å². The zero-order chi connectivity index (χ0) is 23.9. The van der Waals surface area contributed by atoms with Gasteiger partial charge < -0.3 is 9.30 Å². The Hall–Kier alpha value is -1.70. The third kappa shape index (κ3) is 3.12. The molecule has 0 radical (unpaired) electrons. The van der Waals surface area contributed by atoms with E-state index >= 15 is 0 Å². The van der Waals surface area contributed by atoms with Crippen molar-refractivity contribution in [1.29, 1.82) is 0 Å². The number of ketones is 1. The van der Waals surface area contributed by atoms with E-state index in [2.05, 4.69) is 37.8 Å². The van der Waals surface area contributed by atoms with Crippen LogP contribution >= 0.6 is 7.14 Å². The Balaban J connectivity index is 1.51. The first-order valence-electron chi connectivity index (χ1n) is 13.1. The van der Waals surface area contributed by atoms with Crippen LogP contribution in [0.4, 0.5) is 0 Å². The van der Waals surface area contributed by atoms with Crippen molar-refractivity contribution in [2.24, 2.45) is 17.3 Å². The molecular formula is C30H37O3P. The minimum atomic E-state index is -2.29. The molecule has 3 fully saturated rings. The summed E-state index contributed by atoms with van der Waals surface area (Å²) >= 11 is 0. The smallest absolute Gasteiger partial charge is 0.156 e. The highest BCUT2D eigenvalue weighted by Gasteiger charge is 2.65. The lowest BCUT2D eigenvalue weighted by molar-refractivity contribution is -0.114. The fraction of sp³-hybridized carbons (Fsp3) is 0.567. The maximum atomic E-state index is 12.7. The number of allylic oxidation sites excluding steroid dienone is 4. The van der Waals surface area contributed by atoms with Crippen molar-refractivity contribution in [2.45, 2.75) is 69.8 Å². The van der Waals surface area contributed by atoms with Crippen molar-refractivity contribution in [3.05, 3.63) is 64.8 Å². The van der Waals surface area contributed by atoms with Crippen molar-refractivity contribution < 1.29 is 14.1 Å². The van der Waals surface area contributed by atoms with E-state index in [1.165, 1.54) is 28.7 Å². The van der Waals surface area contributed by atoms with Crippen molar-refractivity contribution in [2.75, 3.05) is 19.9 Å². The Kier molecular flexibility index (Phi) is 5.12. The second-order valence-corrected chi connectivity index (χ2v) is 15.2. The van der Waals surface area contributed by atoms with Gasteiger partial charge in [-0.2, -0.15) is 0 Å². The Morgan fingerprint density at radius 2 is 1.82 bits per heavy atom. The Morgan fingerprint density at radius 3 is 2.50 bits per heavy atom. The fourth-order valence-corrected chi connectivity index (χ4v) is 9.35. The molecule has 6 rings (SSSR count). The normalized spacial score (nSPS) is 37.5. The van der Waals surface area contributed by atoms with Gasteiger partial charge >= 0.3 is 0 Å². The molecule has 1 aromatic rings. The summed E-state index contributed by atoms with van der Waals surface area (Å²) in [6.45, 7) is 11.5. The molecule has 1 saturated heterocycles. The van der Waals surface area contributed by atoms with Crippen LogP contribution in [0.2, 0.25) is 0 Å². The van der Waals surface area contributed by atoms with E-state index in [0.29, 0.717) is 24.2 Å². The topological polar surface area (TPSA) is 43.4 Å². The van der Waals surface area contributed by atoms with Gasteiger partial charge in [0, 0.05) is 23.1 Å². The van der Waals surface area contributed by atoms with E-state index < -0.39 is 7.14 Å². The minimum absolute atomic E-state index is 0.0646. The molecule has 0 bridgehead atoms. The molecule has 0 amide bonds. The van der Waals surface area contributed by atoms with E-state index in [0.717, 1.165) is 50.4 Å². The van der Waals surface area contributed by atoms with Crippen molar-refractivity contribution >= 4 is 18.2 Å². The molecule has 0 aromatic heterocycles. The maximum absolute atomic E-state index is 12.7. The van der Waals surface area contributed by atoms with Crippen LogP contribution in [0.5, 0.6) is 0 Å². The summed E-state index contributed by atoms with van der Waals surface area (Å²) < 4.78 is 19.3. The molecular weight excluding hydrogens is 439 g/mol. The number of carbonyl (C=O) groups is 1. The molecule has 1 aliphatic heterocycles. The summed E-state index contributed by atoms with van der Waals surface area (Å²) in [6.07, 6.45) is 9.97. The Bertz CT molecular complexity index is 1180. The lowest BCUT2D eigenvalue weighted by atomic mass is 9.50. The summed E-state index contributed by atoms with van der Waals surface area (Å²) in [5, 5.41) is 0.947. The van der Waals surface area contributed by atoms with Gasteiger partial charge in [0.2, 0.25) is 0 Å². The molecule has 2 saturated carbocycles. The van der Waals surface area contributed by atoms with Crippen LogP contribution < -0.4 is 5.30 Å². The predicted molar refractivity (Wildman–Crippen MR) is 138 cm³/mol. The van der Waals surface area contributed by atoms with Gasteiger partial charge in [-0.25, -0.2) is 0 Å². The van der Waals surface area contributed by atoms with Crippen molar-refractivity contribution in [1.82, 2.24) is 0 Å². The zero-order valence-electron chi connectivity index (χ0n) is 20.9. The Labute approximate surface area is 204 Å². The van der Waals surface area contributed by atoms with Crippen LogP contribution in [0, 0.1) is 17.3 Å². The summed E-state index contributed by atoms with van der Waals surface area (Å²) in [7, 11) is -2.29. The highest BCUT2D eigenvalue weighted by atomic mass is 31.2. The fourth-order valence-electron chi connectivity index (χ4n) is 8.48. The van der Waals surface area contributed by atoms with Crippen molar-refractivity contribution in [3.8, 4) is 0 Å². The third-order valence-corrected chi connectivity index (χ3v) is 11.6. The monoisotopic (exact) mass is 476 g/mol. The predicted octanol–water partition coefficient (Wildman–Crippen LogP) is 6.55. The number of fused-ring (bicyclic) bond motifs is 5. The van der Waals surface area contributed by atoms with Gasteiger partial charge in [0.1, 0.15) is 7.14 Å². The summed E-state index contributed by atoms with van der Waals surface area (Å²) in [5.41, 5.74) is 6.90. The molecule has 1 aromatic carbocycles. The first kappa shape index (κ1) is 22.7. The molecule has 4 aliphatic carbocycles. The van der Waals surface area contributed by atoms with Gasteiger partial charge in [0.15, 0.2) is 5.78 Å². The van der Waals surface area contributed by atoms with E-state index in [9.17, 15) is 9.36 Å². The Morgan fingerprint density at radius 1 is 1.06 bits per heavy atom. The number of hydrogen-bond donors (Lipinski definition) is 0. The van der Waals surface area contributed by atoms with Gasteiger partial charge in [-0.1, -0.05) is 43.3 Å². The lowest BCUT2D eigenvalue weighted by Crippen LogP contribution is -2.52.